The van der Waals surface area contributed by atoms with E-state index in [0.717, 1.165) is 17.5 Å². The Morgan fingerprint density at radius 3 is 1.77 bits per heavy atom. The lowest BCUT2D eigenvalue weighted by Crippen LogP contribution is -2.27. The van der Waals surface area contributed by atoms with Gasteiger partial charge in [-0.15, -0.1) is 17.5 Å². The number of nitrogens with zero attached hydrogens (tertiary/aromatic N) is 1. The summed E-state index contributed by atoms with van der Waals surface area (Å²) in [5, 5.41) is 1.64. The van der Waals surface area contributed by atoms with Crippen LogP contribution in [0.4, 0.5) is 0 Å². The summed E-state index contributed by atoms with van der Waals surface area (Å²) >= 11 is 0. The van der Waals surface area contributed by atoms with E-state index in [9.17, 15) is 4.79 Å². The zero-order valence-electron chi connectivity index (χ0n) is 15.7. The third-order valence-electron chi connectivity index (χ3n) is 4.56. The molecule has 0 fully saturated rings. The second-order valence-corrected chi connectivity index (χ2v) is 5.91. The Kier molecular flexibility index (Phi) is 9.11. The van der Waals surface area contributed by atoms with Gasteiger partial charge in [0, 0.05) is 24.6 Å². The first-order valence-electron chi connectivity index (χ1n) is 8.93. The molecule has 26 heavy (non-hydrogen) atoms. The molecule has 0 aliphatic heterocycles. The molecule has 0 saturated carbocycles. The van der Waals surface area contributed by atoms with Gasteiger partial charge in [0.2, 0.25) is 0 Å². The molecule has 0 N–H and O–H groups in total. The lowest BCUT2D eigenvalue weighted by Gasteiger charge is -2.31. The van der Waals surface area contributed by atoms with Crippen molar-refractivity contribution < 1.29 is 9.63 Å². The summed E-state index contributed by atoms with van der Waals surface area (Å²) in [4.78, 5) is 17.6. The van der Waals surface area contributed by atoms with Crippen LogP contribution in [0.25, 0.3) is 0 Å². The monoisotopic (exact) mass is 373 g/mol. The molecule has 2 aromatic carbocycles. The topological polar surface area (TPSA) is 29.5 Å². The van der Waals surface area contributed by atoms with Crippen LogP contribution in [0, 0.1) is 0 Å². The number of carbonyl (C=O) groups is 1. The van der Waals surface area contributed by atoms with Gasteiger partial charge in [0.1, 0.15) is 0 Å². The van der Waals surface area contributed by atoms with E-state index in [0.29, 0.717) is 13.1 Å². The Morgan fingerprint density at radius 2 is 1.38 bits per heavy atom. The Bertz CT molecular complexity index is 642. The van der Waals surface area contributed by atoms with Crippen molar-refractivity contribution in [1.82, 2.24) is 5.06 Å². The largest absolute Gasteiger partial charge is 0.364 e. The van der Waals surface area contributed by atoms with Crippen LogP contribution >= 0.6 is 12.4 Å². The van der Waals surface area contributed by atoms with Crippen molar-refractivity contribution in [3.8, 4) is 0 Å². The minimum Gasteiger partial charge on any atom is -0.364 e. The van der Waals surface area contributed by atoms with Crippen LogP contribution in [-0.4, -0.2) is 24.1 Å². The maximum Gasteiger partial charge on any atom is 0.349 e. The van der Waals surface area contributed by atoms with Crippen LogP contribution < -0.4 is 0 Å². The summed E-state index contributed by atoms with van der Waals surface area (Å²) < 4.78 is 0. The third kappa shape index (κ3) is 5.20. The molecule has 0 atom stereocenters. The molecule has 0 saturated heterocycles. The van der Waals surface area contributed by atoms with Gasteiger partial charge in [-0.1, -0.05) is 73.7 Å². The molecule has 0 amide bonds. The molecule has 140 valence electrons. The number of rotatable bonds is 8. The second-order valence-electron chi connectivity index (χ2n) is 5.91. The maximum absolute atomic E-state index is 12.2. The van der Waals surface area contributed by atoms with E-state index < -0.39 is 0 Å². The Morgan fingerprint density at radius 1 is 0.923 bits per heavy atom. The minimum atomic E-state index is -0.356. The summed E-state index contributed by atoms with van der Waals surface area (Å²) in [7, 11) is 0. The molecular weight excluding hydrogens is 346 g/mol. The molecule has 0 unspecified atom stereocenters. The highest BCUT2D eigenvalue weighted by molar-refractivity contribution is 5.85. The number of benzene rings is 2. The highest BCUT2D eigenvalue weighted by Crippen LogP contribution is 2.37. The van der Waals surface area contributed by atoms with E-state index in [1.54, 1.807) is 11.1 Å². The number of hydroxylamine groups is 2. The predicted molar refractivity (Wildman–Crippen MR) is 109 cm³/mol. The normalized spacial score (nSPS) is 11.4. The average molecular weight is 374 g/mol. The first kappa shape index (κ1) is 21.9. The van der Waals surface area contributed by atoms with Crippen LogP contribution in [0.15, 0.2) is 72.8 Å². The third-order valence-corrected chi connectivity index (χ3v) is 4.56. The number of hydrogen-bond acceptors (Lipinski definition) is 3. The molecule has 0 aliphatic rings. The van der Waals surface area contributed by atoms with Gasteiger partial charge >= 0.3 is 5.97 Å². The second kappa shape index (κ2) is 10.8. The summed E-state index contributed by atoms with van der Waals surface area (Å²) in [6.45, 7) is 7.41. The lowest BCUT2D eigenvalue weighted by molar-refractivity contribution is -0.182. The minimum absolute atomic E-state index is 0. The fraction of sp³-hybridized carbons (Fsp3) is 0.318. The molecular formula is C22H28ClNO2. The highest BCUT2D eigenvalue weighted by Gasteiger charge is 2.29. The Balaban J connectivity index is 0.00000338. The summed E-state index contributed by atoms with van der Waals surface area (Å²) in [6.07, 6.45) is 4.38. The molecule has 0 heterocycles. The van der Waals surface area contributed by atoms with Gasteiger partial charge in [0.05, 0.1) is 0 Å². The van der Waals surface area contributed by atoms with Crippen molar-refractivity contribution in [1.29, 1.82) is 0 Å². The molecule has 0 aromatic heterocycles. The van der Waals surface area contributed by atoms with Gasteiger partial charge in [-0.25, -0.2) is 4.79 Å². The highest BCUT2D eigenvalue weighted by atomic mass is 35.5. The van der Waals surface area contributed by atoms with Gasteiger partial charge in [-0.3, -0.25) is 0 Å². The van der Waals surface area contributed by atoms with E-state index in [1.807, 2.05) is 56.3 Å². The molecule has 0 spiro atoms. The first-order chi connectivity index (χ1) is 12.2. The van der Waals surface area contributed by atoms with Crippen LogP contribution in [0.2, 0.25) is 0 Å². The van der Waals surface area contributed by atoms with Crippen molar-refractivity contribution in [2.45, 2.75) is 32.6 Å². The van der Waals surface area contributed by atoms with Crippen molar-refractivity contribution in [3.63, 3.8) is 0 Å². The van der Waals surface area contributed by atoms with E-state index >= 15 is 0 Å². The van der Waals surface area contributed by atoms with Crippen molar-refractivity contribution in [2.24, 2.45) is 0 Å². The molecule has 0 radical (unpaired) electrons. The van der Waals surface area contributed by atoms with Crippen LogP contribution in [-0.2, 0) is 15.0 Å². The summed E-state index contributed by atoms with van der Waals surface area (Å²) in [6, 6.07) is 20.6. The SMILES string of the molecule is CCN(CC)OC(=O)C=CC(CC)(c1ccccc1)c1ccccc1.Cl. The van der Waals surface area contributed by atoms with E-state index in [2.05, 4.69) is 31.2 Å². The zero-order chi connectivity index (χ0) is 18.1. The molecule has 3 nitrogen and oxygen atoms in total. The number of carbonyl (C=O) groups excluding carboxylic acids is 1. The van der Waals surface area contributed by atoms with Crippen LogP contribution in [0.1, 0.15) is 38.3 Å². The van der Waals surface area contributed by atoms with Gasteiger partial charge < -0.3 is 4.84 Å². The number of allylic oxidation sites excluding steroid dienone is 1. The van der Waals surface area contributed by atoms with E-state index in [-0.39, 0.29) is 23.8 Å². The van der Waals surface area contributed by atoms with Crippen molar-refractivity contribution in [2.75, 3.05) is 13.1 Å². The fourth-order valence-corrected chi connectivity index (χ4v) is 3.08. The summed E-state index contributed by atoms with van der Waals surface area (Å²) in [5.74, 6) is -0.339. The molecule has 0 aliphatic carbocycles. The van der Waals surface area contributed by atoms with Crippen LogP contribution in [0.3, 0.4) is 0 Å². The predicted octanol–water partition coefficient (Wildman–Crippen LogP) is 5.16. The van der Waals surface area contributed by atoms with Gasteiger partial charge in [-0.05, 0) is 31.4 Å². The average Bonchev–Trinajstić information content (AvgIpc) is 2.68. The molecule has 4 heteroatoms. The van der Waals surface area contributed by atoms with Gasteiger partial charge in [0.25, 0.3) is 0 Å². The first-order valence-corrected chi connectivity index (χ1v) is 8.93. The van der Waals surface area contributed by atoms with E-state index in [1.165, 1.54) is 0 Å². The number of hydrogen-bond donors (Lipinski definition) is 0. The maximum atomic E-state index is 12.2. The quantitative estimate of drug-likeness (QED) is 0.472. The zero-order valence-corrected chi connectivity index (χ0v) is 16.5. The summed E-state index contributed by atoms with van der Waals surface area (Å²) in [5.41, 5.74) is 1.97. The van der Waals surface area contributed by atoms with E-state index in [4.69, 9.17) is 4.84 Å². The lowest BCUT2D eigenvalue weighted by atomic mass is 9.72. The van der Waals surface area contributed by atoms with Crippen molar-refractivity contribution in [3.05, 3.63) is 83.9 Å². The number of halogens is 1. The molecule has 2 rings (SSSR count). The van der Waals surface area contributed by atoms with Gasteiger partial charge in [-0.2, -0.15) is 0 Å². The standard InChI is InChI=1S/C22H27NO2.ClH/c1-4-22(19-13-9-7-10-14-19,20-15-11-8-12-16-20)18-17-21(24)25-23(5-2)6-3;/h7-18H,4-6H2,1-3H3;1H. The Hall–Kier alpha value is -2.10. The smallest absolute Gasteiger partial charge is 0.349 e. The molecule has 0 bridgehead atoms. The molecule has 2 aromatic rings. The Labute approximate surface area is 163 Å². The fourth-order valence-electron chi connectivity index (χ4n) is 3.08. The van der Waals surface area contributed by atoms with Crippen molar-refractivity contribution >= 4 is 18.4 Å². The van der Waals surface area contributed by atoms with Gasteiger partial charge in [0.15, 0.2) is 0 Å². The van der Waals surface area contributed by atoms with Crippen LogP contribution in [0.5, 0.6) is 0 Å².